The van der Waals surface area contributed by atoms with Crippen LogP contribution in [0.25, 0.3) is 5.78 Å². The number of esters is 1. The Morgan fingerprint density at radius 1 is 1.57 bits per heavy atom. The van der Waals surface area contributed by atoms with Crippen LogP contribution in [-0.4, -0.2) is 37.9 Å². The molecule has 0 amide bonds. The van der Waals surface area contributed by atoms with Crippen molar-refractivity contribution in [1.29, 1.82) is 0 Å². The number of methoxy groups -OCH3 is 1. The van der Waals surface area contributed by atoms with E-state index in [1.807, 2.05) is 0 Å². The van der Waals surface area contributed by atoms with Crippen molar-refractivity contribution >= 4 is 17.6 Å². The van der Waals surface area contributed by atoms with Crippen LogP contribution in [0, 0.1) is 0 Å². The molecule has 0 atom stereocenters. The fourth-order valence-electron chi connectivity index (χ4n) is 0.962. The summed E-state index contributed by atoms with van der Waals surface area (Å²) >= 11 is 0. The minimum absolute atomic E-state index is 0.0550. The highest BCUT2D eigenvalue weighted by Gasteiger charge is 2.16. The molecular weight excluding hydrogens is 188 g/mol. The van der Waals surface area contributed by atoms with Gasteiger partial charge in [0.15, 0.2) is 5.82 Å². The smallest absolute Gasteiger partial charge is 0.362 e. The molecule has 0 aliphatic heterocycles. The summed E-state index contributed by atoms with van der Waals surface area (Å²) in [6.45, 7) is 0. The first-order chi connectivity index (χ1) is 6.74. The van der Waals surface area contributed by atoms with E-state index in [2.05, 4.69) is 25.0 Å². The van der Waals surface area contributed by atoms with E-state index in [0.717, 1.165) is 0 Å². The van der Waals surface area contributed by atoms with Gasteiger partial charge in [0.25, 0.3) is 5.78 Å². The molecule has 0 aromatic carbocycles. The van der Waals surface area contributed by atoms with E-state index in [1.54, 1.807) is 0 Å². The maximum atomic E-state index is 11.1. The number of fused-ring (bicyclic) bond motifs is 1. The minimum Gasteiger partial charge on any atom is -0.464 e. The molecule has 72 valence electrons. The quantitative estimate of drug-likeness (QED) is 0.573. The van der Waals surface area contributed by atoms with Crippen molar-refractivity contribution in [2.24, 2.45) is 0 Å². The van der Waals surface area contributed by atoms with Gasteiger partial charge >= 0.3 is 5.97 Å². The molecule has 2 aromatic heterocycles. The molecular formula is C6H6N6O2. The number of carbonyl (C=O) groups excluding carboxylic acids is 1. The van der Waals surface area contributed by atoms with Crippen LogP contribution in [0.15, 0.2) is 6.33 Å². The summed E-state index contributed by atoms with van der Waals surface area (Å²) in [7, 11) is 1.23. The summed E-state index contributed by atoms with van der Waals surface area (Å²) in [6, 6.07) is 0. The monoisotopic (exact) mass is 194 g/mol. The Balaban J connectivity index is 2.67. The number of carbonyl (C=O) groups is 1. The van der Waals surface area contributed by atoms with Crippen LogP contribution >= 0.6 is 0 Å². The maximum Gasteiger partial charge on any atom is 0.362 e. The molecule has 0 aliphatic rings. The van der Waals surface area contributed by atoms with Gasteiger partial charge in [0.05, 0.1) is 7.11 Å². The van der Waals surface area contributed by atoms with Gasteiger partial charge in [-0.2, -0.15) is 14.6 Å². The standard InChI is InChI=1S/C6H6N6O2/c1-14-5(13)3-4(7)12-6(11-10-3)8-2-9-12/h2H,7H2,1H3. The van der Waals surface area contributed by atoms with Crippen molar-refractivity contribution in [3.8, 4) is 0 Å². The molecule has 2 heterocycles. The minimum atomic E-state index is -0.660. The Morgan fingerprint density at radius 3 is 3.07 bits per heavy atom. The lowest BCUT2D eigenvalue weighted by Crippen LogP contribution is -2.14. The predicted molar refractivity (Wildman–Crippen MR) is 44.3 cm³/mol. The van der Waals surface area contributed by atoms with Crippen molar-refractivity contribution < 1.29 is 9.53 Å². The highest BCUT2D eigenvalue weighted by atomic mass is 16.5. The number of nitrogens with zero attached hydrogens (tertiary/aromatic N) is 5. The van der Waals surface area contributed by atoms with Gasteiger partial charge in [0, 0.05) is 0 Å². The highest BCUT2D eigenvalue weighted by molar-refractivity contribution is 5.91. The maximum absolute atomic E-state index is 11.1. The lowest BCUT2D eigenvalue weighted by molar-refractivity contribution is 0.0593. The van der Waals surface area contributed by atoms with Gasteiger partial charge in [-0.15, -0.1) is 10.2 Å². The van der Waals surface area contributed by atoms with Crippen molar-refractivity contribution in [2.75, 3.05) is 12.8 Å². The average Bonchev–Trinajstić information content (AvgIpc) is 2.66. The van der Waals surface area contributed by atoms with E-state index in [4.69, 9.17) is 5.73 Å². The summed E-state index contributed by atoms with van der Waals surface area (Å²) in [5.74, 6) is -0.373. The first-order valence-corrected chi connectivity index (χ1v) is 3.64. The Bertz CT molecular complexity index is 492. The van der Waals surface area contributed by atoms with Gasteiger partial charge in [-0.3, -0.25) is 0 Å². The van der Waals surface area contributed by atoms with Crippen LogP contribution in [0.3, 0.4) is 0 Å². The highest BCUT2D eigenvalue weighted by Crippen LogP contribution is 2.08. The van der Waals surface area contributed by atoms with Crippen molar-refractivity contribution in [2.45, 2.75) is 0 Å². The molecule has 0 saturated carbocycles. The van der Waals surface area contributed by atoms with E-state index in [0.29, 0.717) is 0 Å². The third-order valence-electron chi connectivity index (χ3n) is 1.62. The molecule has 0 unspecified atom stereocenters. The molecule has 0 fully saturated rings. The summed E-state index contributed by atoms with van der Waals surface area (Å²) in [6.07, 6.45) is 1.27. The van der Waals surface area contributed by atoms with Gasteiger partial charge in [-0.1, -0.05) is 0 Å². The second-order valence-electron chi connectivity index (χ2n) is 2.40. The molecule has 0 saturated heterocycles. The molecule has 0 aliphatic carbocycles. The number of rotatable bonds is 1. The topological polar surface area (TPSA) is 108 Å². The van der Waals surface area contributed by atoms with Crippen molar-refractivity contribution in [3.63, 3.8) is 0 Å². The number of hydrogen-bond acceptors (Lipinski definition) is 7. The van der Waals surface area contributed by atoms with Crippen LogP contribution in [0.1, 0.15) is 10.5 Å². The fraction of sp³-hybridized carbons (Fsp3) is 0.167. The third kappa shape index (κ3) is 1.04. The molecule has 0 spiro atoms. The van der Waals surface area contributed by atoms with Gasteiger partial charge in [0.2, 0.25) is 5.69 Å². The number of nitrogens with two attached hydrogens (primary N) is 1. The third-order valence-corrected chi connectivity index (χ3v) is 1.62. The van der Waals surface area contributed by atoms with E-state index >= 15 is 0 Å². The normalized spacial score (nSPS) is 10.4. The first-order valence-electron chi connectivity index (χ1n) is 3.64. The largest absolute Gasteiger partial charge is 0.464 e. The zero-order chi connectivity index (χ0) is 10.1. The molecule has 8 heteroatoms. The summed E-state index contributed by atoms with van der Waals surface area (Å²) < 4.78 is 5.67. The number of ether oxygens (including phenoxy) is 1. The van der Waals surface area contributed by atoms with Gasteiger partial charge < -0.3 is 10.5 Å². The van der Waals surface area contributed by atoms with E-state index < -0.39 is 5.97 Å². The summed E-state index contributed by atoms with van der Waals surface area (Å²) in [5, 5.41) is 11.0. The Labute approximate surface area is 77.7 Å². The molecule has 2 N–H and O–H groups in total. The van der Waals surface area contributed by atoms with Crippen LogP contribution in [0.4, 0.5) is 5.82 Å². The Kier molecular flexibility index (Phi) is 1.73. The van der Waals surface area contributed by atoms with Crippen molar-refractivity contribution in [3.05, 3.63) is 12.0 Å². The van der Waals surface area contributed by atoms with Gasteiger partial charge in [-0.25, -0.2) is 4.79 Å². The number of hydrogen-bond donors (Lipinski definition) is 1. The second-order valence-corrected chi connectivity index (χ2v) is 2.40. The van der Waals surface area contributed by atoms with Gasteiger partial charge in [-0.05, 0) is 0 Å². The second kappa shape index (κ2) is 2.91. The SMILES string of the molecule is COC(=O)c1nnc2ncnn2c1N. The molecule has 2 aromatic rings. The van der Waals surface area contributed by atoms with Crippen LogP contribution < -0.4 is 5.73 Å². The fourth-order valence-corrected chi connectivity index (χ4v) is 0.962. The summed E-state index contributed by atoms with van der Waals surface area (Å²) in [5.41, 5.74) is 5.52. The summed E-state index contributed by atoms with van der Waals surface area (Å²) in [4.78, 5) is 14.9. The van der Waals surface area contributed by atoms with E-state index in [9.17, 15) is 4.79 Å². The Hall–Kier alpha value is -2.25. The van der Waals surface area contributed by atoms with Gasteiger partial charge in [0.1, 0.15) is 6.33 Å². The van der Waals surface area contributed by atoms with E-state index in [1.165, 1.54) is 18.0 Å². The van der Waals surface area contributed by atoms with Crippen LogP contribution in [0.2, 0.25) is 0 Å². The first kappa shape index (κ1) is 8.35. The molecule has 8 nitrogen and oxygen atoms in total. The van der Waals surface area contributed by atoms with Crippen LogP contribution in [-0.2, 0) is 4.74 Å². The Morgan fingerprint density at radius 2 is 2.36 bits per heavy atom. The molecule has 14 heavy (non-hydrogen) atoms. The van der Waals surface area contributed by atoms with Crippen LogP contribution in [0.5, 0.6) is 0 Å². The zero-order valence-corrected chi connectivity index (χ0v) is 7.21. The van der Waals surface area contributed by atoms with E-state index in [-0.39, 0.29) is 17.3 Å². The number of nitrogen functional groups attached to an aromatic ring is 1. The lowest BCUT2D eigenvalue weighted by atomic mass is 10.4. The predicted octanol–water partition coefficient (Wildman–Crippen LogP) is -1.11. The number of anilines is 1. The molecule has 2 rings (SSSR count). The number of aromatic nitrogens is 5. The molecule has 0 radical (unpaired) electrons. The lowest BCUT2D eigenvalue weighted by Gasteiger charge is -2.01. The zero-order valence-electron chi connectivity index (χ0n) is 7.21. The van der Waals surface area contributed by atoms with Crippen molar-refractivity contribution in [1.82, 2.24) is 24.8 Å². The molecule has 0 bridgehead atoms. The average molecular weight is 194 g/mol.